The minimum Gasteiger partial charge on any atom is -0.492 e. The molecule has 0 spiro atoms. The zero-order valence-electron chi connectivity index (χ0n) is 9.33. The van der Waals surface area contributed by atoms with Gasteiger partial charge in [-0.15, -0.1) is 0 Å². The van der Waals surface area contributed by atoms with Crippen molar-refractivity contribution in [1.29, 1.82) is 0 Å². The lowest BCUT2D eigenvalue weighted by molar-refractivity contribution is 0.306. The Balaban J connectivity index is 2.90. The summed E-state index contributed by atoms with van der Waals surface area (Å²) in [6.07, 6.45) is -0.141. The summed E-state index contributed by atoms with van der Waals surface area (Å²) in [6, 6.07) is 5.63. The molecule has 3 nitrogen and oxygen atoms in total. The van der Waals surface area contributed by atoms with E-state index in [1.54, 1.807) is 0 Å². The molecule has 0 amide bonds. The number of nitrogens with zero attached hydrogens (tertiary/aromatic N) is 1. The fraction of sp³-hybridized carbons (Fsp3) is 0.455. The standard InChI is InChI=1S/C11H17ClN2O/c1-4-15-10-6-5-8(7-9(10)12)11(13)14(2)3/h5-7,11H,4,13H2,1-3H3. The van der Waals surface area contributed by atoms with Crippen molar-refractivity contribution in [3.05, 3.63) is 28.8 Å². The molecule has 0 aromatic heterocycles. The molecule has 0 aliphatic carbocycles. The van der Waals surface area contributed by atoms with Crippen LogP contribution in [0.3, 0.4) is 0 Å². The van der Waals surface area contributed by atoms with Gasteiger partial charge in [-0.05, 0) is 38.7 Å². The van der Waals surface area contributed by atoms with Crippen LogP contribution < -0.4 is 10.5 Å². The van der Waals surface area contributed by atoms with E-state index in [-0.39, 0.29) is 6.17 Å². The van der Waals surface area contributed by atoms with Crippen LogP contribution in [-0.4, -0.2) is 25.6 Å². The van der Waals surface area contributed by atoms with Crippen LogP contribution in [0.15, 0.2) is 18.2 Å². The third-order valence-electron chi connectivity index (χ3n) is 2.15. The molecular formula is C11H17ClN2O. The van der Waals surface area contributed by atoms with Crippen LogP contribution in [0.25, 0.3) is 0 Å². The van der Waals surface area contributed by atoms with Crippen molar-refractivity contribution < 1.29 is 4.74 Å². The number of ether oxygens (including phenoxy) is 1. The van der Waals surface area contributed by atoms with Gasteiger partial charge in [0.1, 0.15) is 5.75 Å². The van der Waals surface area contributed by atoms with Gasteiger partial charge in [-0.1, -0.05) is 17.7 Å². The summed E-state index contributed by atoms with van der Waals surface area (Å²) in [4.78, 5) is 1.92. The van der Waals surface area contributed by atoms with Gasteiger partial charge in [0.15, 0.2) is 0 Å². The lowest BCUT2D eigenvalue weighted by atomic mass is 10.1. The monoisotopic (exact) mass is 228 g/mol. The van der Waals surface area contributed by atoms with Gasteiger partial charge >= 0.3 is 0 Å². The molecule has 0 heterocycles. The largest absolute Gasteiger partial charge is 0.492 e. The first kappa shape index (κ1) is 12.3. The molecule has 15 heavy (non-hydrogen) atoms. The van der Waals surface area contributed by atoms with E-state index >= 15 is 0 Å². The van der Waals surface area contributed by atoms with Crippen molar-refractivity contribution in [2.75, 3.05) is 20.7 Å². The van der Waals surface area contributed by atoms with Crippen molar-refractivity contribution in [3.8, 4) is 5.75 Å². The maximum atomic E-state index is 6.06. The topological polar surface area (TPSA) is 38.5 Å². The van der Waals surface area contributed by atoms with Crippen LogP contribution >= 0.6 is 11.6 Å². The number of hydrogen-bond acceptors (Lipinski definition) is 3. The summed E-state index contributed by atoms with van der Waals surface area (Å²) in [5.74, 6) is 0.703. The van der Waals surface area contributed by atoms with E-state index in [9.17, 15) is 0 Å². The number of nitrogens with two attached hydrogens (primary N) is 1. The van der Waals surface area contributed by atoms with Gasteiger partial charge in [0.05, 0.1) is 17.8 Å². The number of halogens is 1. The maximum absolute atomic E-state index is 6.06. The van der Waals surface area contributed by atoms with Crippen LogP contribution in [0, 0.1) is 0 Å². The van der Waals surface area contributed by atoms with E-state index in [1.165, 1.54) is 0 Å². The molecule has 0 bridgehead atoms. The highest BCUT2D eigenvalue weighted by Crippen LogP contribution is 2.27. The molecule has 1 aromatic rings. The fourth-order valence-corrected chi connectivity index (χ4v) is 1.52. The molecule has 0 saturated carbocycles. The van der Waals surface area contributed by atoms with Gasteiger partial charge in [0.25, 0.3) is 0 Å². The third-order valence-corrected chi connectivity index (χ3v) is 2.45. The minimum absolute atomic E-state index is 0.141. The Bertz CT molecular complexity index is 328. The lowest BCUT2D eigenvalue weighted by Crippen LogP contribution is -2.27. The first-order valence-electron chi connectivity index (χ1n) is 4.90. The Morgan fingerprint density at radius 1 is 1.47 bits per heavy atom. The van der Waals surface area contributed by atoms with Crippen molar-refractivity contribution in [2.24, 2.45) is 5.73 Å². The van der Waals surface area contributed by atoms with Crippen LogP contribution in [0.2, 0.25) is 5.02 Å². The first-order chi connectivity index (χ1) is 7.06. The van der Waals surface area contributed by atoms with E-state index in [1.807, 2.05) is 44.1 Å². The van der Waals surface area contributed by atoms with Gasteiger partial charge in [-0.3, -0.25) is 4.90 Å². The molecule has 0 radical (unpaired) electrons. The highest BCUT2D eigenvalue weighted by molar-refractivity contribution is 6.32. The second-order valence-corrected chi connectivity index (χ2v) is 3.94. The van der Waals surface area contributed by atoms with Gasteiger partial charge in [-0.25, -0.2) is 0 Å². The average Bonchev–Trinajstić information content (AvgIpc) is 2.20. The Hall–Kier alpha value is -0.770. The fourth-order valence-electron chi connectivity index (χ4n) is 1.27. The molecule has 1 unspecified atom stereocenters. The number of benzene rings is 1. The predicted molar refractivity (Wildman–Crippen MR) is 63.2 cm³/mol. The zero-order valence-corrected chi connectivity index (χ0v) is 10.1. The molecule has 0 aliphatic heterocycles. The molecular weight excluding hydrogens is 212 g/mol. The minimum atomic E-state index is -0.141. The molecule has 0 fully saturated rings. The van der Waals surface area contributed by atoms with Crippen molar-refractivity contribution in [1.82, 2.24) is 4.90 Å². The number of rotatable bonds is 4. The van der Waals surface area contributed by atoms with Gasteiger partial charge in [-0.2, -0.15) is 0 Å². The third kappa shape index (κ3) is 3.09. The quantitative estimate of drug-likeness (QED) is 0.804. The second kappa shape index (κ2) is 5.35. The van der Waals surface area contributed by atoms with E-state index in [0.29, 0.717) is 17.4 Å². The van der Waals surface area contributed by atoms with E-state index in [4.69, 9.17) is 22.1 Å². The van der Waals surface area contributed by atoms with E-state index in [0.717, 1.165) is 5.56 Å². The van der Waals surface area contributed by atoms with E-state index < -0.39 is 0 Å². The Morgan fingerprint density at radius 2 is 2.13 bits per heavy atom. The van der Waals surface area contributed by atoms with Crippen molar-refractivity contribution in [2.45, 2.75) is 13.1 Å². The molecule has 0 saturated heterocycles. The first-order valence-corrected chi connectivity index (χ1v) is 5.28. The van der Waals surface area contributed by atoms with Gasteiger partial charge < -0.3 is 10.5 Å². The predicted octanol–water partition coefficient (Wildman–Crippen LogP) is 2.26. The molecule has 84 valence electrons. The smallest absolute Gasteiger partial charge is 0.137 e. The Morgan fingerprint density at radius 3 is 2.60 bits per heavy atom. The maximum Gasteiger partial charge on any atom is 0.137 e. The molecule has 4 heteroatoms. The SMILES string of the molecule is CCOc1ccc(C(N)N(C)C)cc1Cl. The van der Waals surface area contributed by atoms with Crippen LogP contribution in [0.5, 0.6) is 5.75 Å². The van der Waals surface area contributed by atoms with Crippen LogP contribution in [0.1, 0.15) is 18.7 Å². The van der Waals surface area contributed by atoms with Gasteiger partial charge in [0.2, 0.25) is 0 Å². The summed E-state index contributed by atoms with van der Waals surface area (Å²) in [7, 11) is 3.85. The summed E-state index contributed by atoms with van der Waals surface area (Å²) >= 11 is 6.06. The van der Waals surface area contributed by atoms with Crippen LogP contribution in [-0.2, 0) is 0 Å². The number of hydrogen-bond donors (Lipinski definition) is 1. The molecule has 0 aliphatic rings. The lowest BCUT2D eigenvalue weighted by Gasteiger charge is -2.20. The van der Waals surface area contributed by atoms with Crippen LogP contribution in [0.4, 0.5) is 0 Å². The van der Waals surface area contributed by atoms with Gasteiger partial charge in [0, 0.05) is 0 Å². The normalized spacial score (nSPS) is 12.9. The molecule has 2 N–H and O–H groups in total. The summed E-state index contributed by atoms with van der Waals surface area (Å²) in [5.41, 5.74) is 6.94. The molecule has 1 aromatic carbocycles. The second-order valence-electron chi connectivity index (χ2n) is 3.53. The Kier molecular flexibility index (Phi) is 4.39. The highest BCUT2D eigenvalue weighted by atomic mass is 35.5. The van der Waals surface area contributed by atoms with E-state index in [2.05, 4.69) is 0 Å². The summed E-state index contributed by atoms with van der Waals surface area (Å²) in [6.45, 7) is 2.54. The molecule has 1 atom stereocenters. The van der Waals surface area contributed by atoms with Crippen molar-refractivity contribution >= 4 is 11.6 Å². The highest BCUT2D eigenvalue weighted by Gasteiger charge is 2.10. The zero-order chi connectivity index (χ0) is 11.4. The Labute approximate surface area is 95.8 Å². The average molecular weight is 229 g/mol. The summed E-state index contributed by atoms with van der Waals surface area (Å²) in [5, 5.41) is 0.603. The van der Waals surface area contributed by atoms with Crippen molar-refractivity contribution in [3.63, 3.8) is 0 Å². The summed E-state index contributed by atoms with van der Waals surface area (Å²) < 4.78 is 5.35. The molecule has 1 rings (SSSR count).